The summed E-state index contributed by atoms with van der Waals surface area (Å²) >= 11 is 0. The molecule has 0 aliphatic carbocycles. The lowest BCUT2D eigenvalue weighted by Gasteiger charge is -2.19. The second kappa shape index (κ2) is 10.8. The van der Waals surface area contributed by atoms with Gasteiger partial charge in [0.25, 0.3) is 0 Å². The SMILES string of the molecule is Cc1ccc(NC(N)=NCCOc2ccc(N(S(C)(=O)=O)S(C)(=O)=O)cc2)cc1.I. The fourth-order valence-corrected chi connectivity index (χ4v) is 5.42. The van der Waals surface area contributed by atoms with Gasteiger partial charge in [-0.25, -0.2) is 21.8 Å². The molecule has 2 aromatic rings. The van der Waals surface area contributed by atoms with Crippen molar-refractivity contribution in [3.05, 3.63) is 54.1 Å². The lowest BCUT2D eigenvalue weighted by atomic mass is 10.2. The van der Waals surface area contributed by atoms with E-state index in [4.69, 9.17) is 10.5 Å². The van der Waals surface area contributed by atoms with Crippen LogP contribution in [-0.4, -0.2) is 48.5 Å². The zero-order chi connectivity index (χ0) is 21.7. The molecule has 0 aliphatic heterocycles. The molecular weight excluding hydrogens is 543 g/mol. The first kappa shape index (κ1) is 26.0. The molecule has 0 saturated carbocycles. The lowest BCUT2D eigenvalue weighted by molar-refractivity contribution is 0.329. The van der Waals surface area contributed by atoms with Crippen molar-refractivity contribution in [3.63, 3.8) is 0 Å². The van der Waals surface area contributed by atoms with Crippen molar-refractivity contribution in [1.29, 1.82) is 0 Å². The zero-order valence-electron chi connectivity index (χ0n) is 16.8. The van der Waals surface area contributed by atoms with Crippen LogP contribution in [0.3, 0.4) is 0 Å². The van der Waals surface area contributed by atoms with Crippen LogP contribution in [0.5, 0.6) is 5.75 Å². The summed E-state index contributed by atoms with van der Waals surface area (Å²) < 4.78 is 53.0. The first-order valence-corrected chi connectivity index (χ1v) is 12.2. The van der Waals surface area contributed by atoms with E-state index in [0.29, 0.717) is 16.0 Å². The Morgan fingerprint density at radius 2 is 1.53 bits per heavy atom. The van der Waals surface area contributed by atoms with E-state index < -0.39 is 20.0 Å². The van der Waals surface area contributed by atoms with E-state index >= 15 is 0 Å². The van der Waals surface area contributed by atoms with Gasteiger partial charge >= 0.3 is 0 Å². The first-order chi connectivity index (χ1) is 13.5. The summed E-state index contributed by atoms with van der Waals surface area (Å²) in [5, 5.41) is 2.97. The van der Waals surface area contributed by atoms with Crippen LogP contribution in [-0.2, 0) is 20.0 Å². The number of rotatable bonds is 8. The molecule has 0 fully saturated rings. The number of nitrogens with zero attached hydrogens (tertiary/aromatic N) is 2. The molecule has 166 valence electrons. The van der Waals surface area contributed by atoms with E-state index in [1.807, 2.05) is 31.2 Å². The summed E-state index contributed by atoms with van der Waals surface area (Å²) in [6.07, 6.45) is 1.65. The minimum absolute atomic E-state index is 0. The molecule has 9 nitrogen and oxygen atoms in total. The number of hydrogen-bond donors (Lipinski definition) is 2. The van der Waals surface area contributed by atoms with E-state index in [1.165, 1.54) is 24.3 Å². The molecule has 30 heavy (non-hydrogen) atoms. The van der Waals surface area contributed by atoms with Gasteiger partial charge in [-0.3, -0.25) is 0 Å². The Kier molecular flexibility index (Phi) is 9.36. The molecule has 0 atom stereocenters. The number of nitrogens with two attached hydrogens (primary N) is 1. The second-order valence-electron chi connectivity index (χ2n) is 6.32. The van der Waals surface area contributed by atoms with Crippen molar-refractivity contribution in [3.8, 4) is 5.75 Å². The Bertz CT molecular complexity index is 1040. The van der Waals surface area contributed by atoms with Gasteiger partial charge < -0.3 is 15.8 Å². The van der Waals surface area contributed by atoms with Crippen LogP contribution in [0.15, 0.2) is 53.5 Å². The molecule has 0 unspecified atom stereocenters. The number of nitrogens with one attached hydrogen (secondary N) is 1. The topological polar surface area (TPSA) is 131 Å². The van der Waals surface area contributed by atoms with Crippen LogP contribution in [0.25, 0.3) is 0 Å². The number of benzene rings is 2. The minimum Gasteiger partial charge on any atom is -0.492 e. The van der Waals surface area contributed by atoms with Gasteiger partial charge in [0.05, 0.1) is 24.7 Å². The van der Waals surface area contributed by atoms with E-state index in [0.717, 1.165) is 23.8 Å². The highest BCUT2D eigenvalue weighted by molar-refractivity contribution is 14.0. The molecular formula is C18H25IN4O5S2. The van der Waals surface area contributed by atoms with Gasteiger partial charge in [-0.2, -0.15) is 3.71 Å². The van der Waals surface area contributed by atoms with Crippen molar-refractivity contribution < 1.29 is 21.6 Å². The average molecular weight is 568 g/mol. The summed E-state index contributed by atoms with van der Waals surface area (Å²) in [5.74, 6) is 0.695. The smallest absolute Gasteiger partial charge is 0.245 e. The van der Waals surface area contributed by atoms with E-state index in [9.17, 15) is 16.8 Å². The molecule has 0 saturated heterocycles. The molecule has 0 spiro atoms. The summed E-state index contributed by atoms with van der Waals surface area (Å²) in [6, 6.07) is 13.4. The van der Waals surface area contributed by atoms with Crippen molar-refractivity contribution in [2.24, 2.45) is 10.7 Å². The van der Waals surface area contributed by atoms with Crippen LogP contribution in [0.4, 0.5) is 11.4 Å². The van der Waals surface area contributed by atoms with Gasteiger partial charge in [-0.1, -0.05) is 17.7 Å². The molecule has 0 aliphatic rings. The standard InChI is InChI=1S/C18H24N4O5S2.HI/c1-14-4-6-15(7-5-14)21-18(19)20-12-13-27-17-10-8-16(9-11-17)22(28(2,23)24)29(3,25)26;/h4-11H,12-13H2,1-3H3,(H3,19,20,21);1H. The summed E-state index contributed by atoms with van der Waals surface area (Å²) in [5.41, 5.74) is 7.80. The molecule has 0 aromatic heterocycles. The number of hydrogen-bond acceptors (Lipinski definition) is 6. The Labute approximate surface area is 194 Å². The van der Waals surface area contributed by atoms with Crippen molar-refractivity contribution in [2.45, 2.75) is 6.92 Å². The number of ether oxygens (including phenoxy) is 1. The quantitative estimate of drug-likeness (QED) is 0.216. The second-order valence-corrected chi connectivity index (χ2v) is 10.2. The number of sulfonamides is 2. The van der Waals surface area contributed by atoms with Crippen molar-refractivity contribution in [2.75, 3.05) is 34.7 Å². The number of halogens is 1. The number of guanidine groups is 1. The van der Waals surface area contributed by atoms with Crippen LogP contribution < -0.4 is 19.5 Å². The van der Waals surface area contributed by atoms with E-state index in [-0.39, 0.29) is 42.2 Å². The van der Waals surface area contributed by atoms with E-state index in [1.54, 1.807) is 0 Å². The average Bonchev–Trinajstić information content (AvgIpc) is 2.60. The number of aliphatic imine (C=N–C) groups is 1. The third-order valence-electron chi connectivity index (χ3n) is 3.62. The van der Waals surface area contributed by atoms with Crippen LogP contribution in [0.1, 0.15) is 5.56 Å². The van der Waals surface area contributed by atoms with Gasteiger partial charge in [0, 0.05) is 5.69 Å². The largest absolute Gasteiger partial charge is 0.492 e. The van der Waals surface area contributed by atoms with Crippen molar-refractivity contribution in [1.82, 2.24) is 0 Å². The third-order valence-corrected chi connectivity index (χ3v) is 6.87. The predicted molar refractivity (Wildman–Crippen MR) is 131 cm³/mol. The van der Waals surface area contributed by atoms with E-state index in [2.05, 4.69) is 10.3 Å². The molecule has 0 radical (unpaired) electrons. The Morgan fingerprint density at radius 3 is 2.03 bits per heavy atom. The van der Waals surface area contributed by atoms with Crippen LogP contribution >= 0.6 is 24.0 Å². The maximum atomic E-state index is 11.8. The molecule has 2 rings (SSSR count). The van der Waals surface area contributed by atoms with Crippen molar-refractivity contribution >= 4 is 61.4 Å². The van der Waals surface area contributed by atoms with Crippen LogP contribution in [0, 0.1) is 6.92 Å². The summed E-state index contributed by atoms with van der Waals surface area (Å²) in [7, 11) is -7.96. The minimum atomic E-state index is -3.98. The molecule has 2 aromatic carbocycles. The number of anilines is 2. The zero-order valence-corrected chi connectivity index (χ0v) is 20.7. The highest BCUT2D eigenvalue weighted by atomic mass is 127. The van der Waals surface area contributed by atoms with Gasteiger partial charge in [0.15, 0.2) is 5.96 Å². The lowest BCUT2D eigenvalue weighted by Crippen LogP contribution is -2.35. The first-order valence-electron chi connectivity index (χ1n) is 8.54. The third kappa shape index (κ3) is 7.99. The highest BCUT2D eigenvalue weighted by Gasteiger charge is 2.27. The fourth-order valence-electron chi connectivity index (χ4n) is 2.45. The predicted octanol–water partition coefficient (Wildman–Crippen LogP) is 2.14. The Balaban J connectivity index is 0.00000450. The Morgan fingerprint density at radius 1 is 1.00 bits per heavy atom. The normalized spacial score (nSPS) is 12.0. The van der Waals surface area contributed by atoms with Gasteiger partial charge in [0.2, 0.25) is 20.0 Å². The maximum absolute atomic E-state index is 11.8. The molecule has 3 N–H and O–H groups in total. The van der Waals surface area contributed by atoms with Gasteiger partial charge in [0.1, 0.15) is 12.4 Å². The highest BCUT2D eigenvalue weighted by Crippen LogP contribution is 2.23. The molecule has 0 bridgehead atoms. The molecule has 0 heterocycles. The number of aryl methyl sites for hydroxylation is 1. The van der Waals surface area contributed by atoms with Gasteiger partial charge in [-0.15, -0.1) is 24.0 Å². The summed E-state index contributed by atoms with van der Waals surface area (Å²) in [4.78, 5) is 4.16. The maximum Gasteiger partial charge on any atom is 0.245 e. The molecule has 12 heteroatoms. The van der Waals surface area contributed by atoms with Gasteiger partial charge in [-0.05, 0) is 43.3 Å². The van der Waals surface area contributed by atoms with Crippen LogP contribution in [0.2, 0.25) is 0 Å². The fraction of sp³-hybridized carbons (Fsp3) is 0.278. The molecule has 0 amide bonds. The summed E-state index contributed by atoms with van der Waals surface area (Å²) in [6.45, 7) is 2.52. The monoisotopic (exact) mass is 568 g/mol. The Hall–Kier alpha value is -2.06.